The maximum absolute atomic E-state index is 10.8. The Hall–Kier alpha value is -2.02. The molecule has 0 saturated heterocycles. The lowest BCUT2D eigenvalue weighted by atomic mass is 10.2. The number of nitrogens with zero attached hydrogens (tertiary/aromatic N) is 3. The molecule has 1 aromatic heterocycles. The van der Waals surface area contributed by atoms with E-state index in [1.54, 1.807) is 28.6 Å². The molecule has 0 spiro atoms. The molecule has 0 fully saturated rings. The summed E-state index contributed by atoms with van der Waals surface area (Å²) >= 11 is 1.55. The summed E-state index contributed by atoms with van der Waals surface area (Å²) < 4.78 is 1.79. The van der Waals surface area contributed by atoms with Crippen LogP contribution >= 0.6 is 11.8 Å². The first-order chi connectivity index (χ1) is 8.99. The zero-order valence-corrected chi connectivity index (χ0v) is 11.5. The fourth-order valence-electron chi connectivity index (χ4n) is 1.76. The van der Waals surface area contributed by atoms with Gasteiger partial charge >= 0.3 is 0 Å². The Kier molecular flexibility index (Phi) is 3.75. The number of nitrogen functional groups attached to an aromatic ring is 1. The maximum Gasteiger partial charge on any atom is 0.292 e. The minimum Gasteiger partial charge on any atom is -0.393 e. The molecule has 0 aliphatic heterocycles. The average molecular weight is 278 g/mol. The number of aromatic nitrogens is 2. The smallest absolute Gasteiger partial charge is 0.292 e. The number of hydrogen-bond acceptors (Lipinski definition) is 5. The van der Waals surface area contributed by atoms with Crippen molar-refractivity contribution in [3.8, 4) is 0 Å². The molecule has 1 aromatic carbocycles. The highest BCUT2D eigenvalue weighted by molar-refractivity contribution is 7.98. The summed E-state index contributed by atoms with van der Waals surface area (Å²) in [5.41, 5.74) is 7.71. The third-order valence-electron chi connectivity index (χ3n) is 2.70. The van der Waals surface area contributed by atoms with E-state index in [9.17, 15) is 10.1 Å². The molecule has 1 heterocycles. The van der Waals surface area contributed by atoms with E-state index in [-0.39, 0.29) is 11.4 Å². The lowest BCUT2D eigenvalue weighted by molar-refractivity contribution is -0.383. The van der Waals surface area contributed by atoms with Gasteiger partial charge in [0.2, 0.25) is 0 Å². The van der Waals surface area contributed by atoms with Crippen LogP contribution in [0.1, 0.15) is 11.3 Å². The van der Waals surface area contributed by atoms with Gasteiger partial charge in [-0.3, -0.25) is 14.8 Å². The number of anilines is 1. The number of nitro benzene ring substituents is 1. The van der Waals surface area contributed by atoms with Crippen molar-refractivity contribution in [2.24, 2.45) is 7.05 Å². The van der Waals surface area contributed by atoms with E-state index in [2.05, 4.69) is 5.10 Å². The number of nitro groups is 1. The van der Waals surface area contributed by atoms with Gasteiger partial charge in [-0.25, -0.2) is 0 Å². The molecule has 2 aromatic rings. The van der Waals surface area contributed by atoms with E-state index in [0.29, 0.717) is 5.75 Å². The fourth-order valence-corrected chi connectivity index (χ4v) is 2.79. The number of benzene rings is 1. The van der Waals surface area contributed by atoms with E-state index in [0.717, 1.165) is 16.3 Å². The Bertz CT molecular complexity index is 624. The number of aryl methyl sites for hydroxylation is 2. The van der Waals surface area contributed by atoms with Crippen LogP contribution < -0.4 is 5.73 Å². The number of thioether (sulfide) groups is 1. The van der Waals surface area contributed by atoms with Crippen LogP contribution in [0.3, 0.4) is 0 Å². The van der Waals surface area contributed by atoms with Crippen molar-refractivity contribution in [1.82, 2.24) is 9.78 Å². The Morgan fingerprint density at radius 1 is 1.53 bits per heavy atom. The maximum atomic E-state index is 10.8. The van der Waals surface area contributed by atoms with Crippen LogP contribution in [0.5, 0.6) is 0 Å². The summed E-state index contributed by atoms with van der Waals surface area (Å²) in [6.07, 6.45) is 0. The first-order valence-electron chi connectivity index (χ1n) is 5.64. The summed E-state index contributed by atoms with van der Waals surface area (Å²) in [6.45, 7) is 1.92. The third kappa shape index (κ3) is 2.87. The van der Waals surface area contributed by atoms with Crippen LogP contribution in [0.4, 0.5) is 11.4 Å². The van der Waals surface area contributed by atoms with Crippen molar-refractivity contribution >= 4 is 23.1 Å². The first kappa shape index (κ1) is 13.4. The first-order valence-corrected chi connectivity index (χ1v) is 6.63. The fraction of sp³-hybridized carbons (Fsp3) is 0.250. The van der Waals surface area contributed by atoms with Gasteiger partial charge in [0.15, 0.2) is 0 Å². The van der Waals surface area contributed by atoms with E-state index in [1.165, 1.54) is 6.07 Å². The van der Waals surface area contributed by atoms with Crippen molar-refractivity contribution in [2.45, 2.75) is 17.7 Å². The van der Waals surface area contributed by atoms with Crippen LogP contribution in [-0.4, -0.2) is 14.7 Å². The minimum atomic E-state index is -0.461. The number of hydrogen-bond donors (Lipinski definition) is 1. The molecule has 0 aliphatic rings. The standard InChI is InChI=1S/C12H14N4O2S/c1-8-6-11(15(2)14-8)19-7-9-4-3-5-10(12(9)13)16(17)18/h3-6H,7,13H2,1-2H3. The molecule has 2 rings (SSSR count). The molecule has 0 atom stereocenters. The summed E-state index contributed by atoms with van der Waals surface area (Å²) in [5, 5.41) is 16.1. The Morgan fingerprint density at radius 2 is 2.26 bits per heavy atom. The van der Waals surface area contributed by atoms with Gasteiger partial charge in [0.25, 0.3) is 5.69 Å². The highest BCUT2D eigenvalue weighted by Crippen LogP contribution is 2.30. The Balaban J connectivity index is 2.18. The second kappa shape index (κ2) is 5.31. The SMILES string of the molecule is Cc1cc(SCc2cccc([N+](=O)[O-])c2N)n(C)n1. The monoisotopic (exact) mass is 278 g/mol. The summed E-state index contributed by atoms with van der Waals surface area (Å²) in [5.74, 6) is 0.576. The molecule has 0 amide bonds. The normalized spacial score (nSPS) is 10.6. The molecule has 100 valence electrons. The van der Waals surface area contributed by atoms with Gasteiger partial charge in [0.05, 0.1) is 15.6 Å². The molecular weight excluding hydrogens is 264 g/mol. The summed E-state index contributed by atoms with van der Waals surface area (Å²) in [7, 11) is 1.87. The zero-order chi connectivity index (χ0) is 14.0. The van der Waals surface area contributed by atoms with E-state index < -0.39 is 4.92 Å². The lowest BCUT2D eigenvalue weighted by Gasteiger charge is -2.06. The molecule has 6 nitrogen and oxygen atoms in total. The second-order valence-corrected chi connectivity index (χ2v) is 5.14. The molecule has 2 N–H and O–H groups in total. The quantitative estimate of drug-likeness (QED) is 0.402. The predicted molar refractivity (Wildman–Crippen MR) is 75.0 cm³/mol. The van der Waals surface area contributed by atoms with Crippen molar-refractivity contribution in [2.75, 3.05) is 5.73 Å². The zero-order valence-electron chi connectivity index (χ0n) is 10.7. The molecular formula is C12H14N4O2S. The van der Waals surface area contributed by atoms with Crippen molar-refractivity contribution in [3.63, 3.8) is 0 Å². The molecule has 0 radical (unpaired) electrons. The van der Waals surface area contributed by atoms with E-state index in [4.69, 9.17) is 5.73 Å². The van der Waals surface area contributed by atoms with E-state index >= 15 is 0 Å². The van der Waals surface area contributed by atoms with Crippen LogP contribution in [-0.2, 0) is 12.8 Å². The Labute approximate surface area is 114 Å². The van der Waals surface area contributed by atoms with Crippen LogP contribution in [0.15, 0.2) is 29.3 Å². The lowest BCUT2D eigenvalue weighted by Crippen LogP contribution is -1.99. The molecule has 0 aliphatic carbocycles. The van der Waals surface area contributed by atoms with Gasteiger partial charge in [-0.2, -0.15) is 5.10 Å². The summed E-state index contributed by atoms with van der Waals surface area (Å²) in [4.78, 5) is 10.3. The molecule has 7 heteroatoms. The number of para-hydroxylation sites is 1. The number of rotatable bonds is 4. The second-order valence-electron chi connectivity index (χ2n) is 4.14. The van der Waals surface area contributed by atoms with Crippen molar-refractivity contribution < 1.29 is 4.92 Å². The molecule has 0 saturated carbocycles. The highest BCUT2D eigenvalue weighted by Gasteiger charge is 2.14. The Morgan fingerprint density at radius 3 is 2.84 bits per heavy atom. The number of nitrogens with two attached hydrogens (primary N) is 1. The minimum absolute atomic E-state index is 0.0423. The molecule has 19 heavy (non-hydrogen) atoms. The van der Waals surface area contributed by atoms with Gasteiger partial charge in [0, 0.05) is 18.9 Å². The van der Waals surface area contributed by atoms with Gasteiger partial charge in [-0.15, -0.1) is 11.8 Å². The van der Waals surface area contributed by atoms with Gasteiger partial charge in [-0.1, -0.05) is 12.1 Å². The topological polar surface area (TPSA) is 87.0 Å². The van der Waals surface area contributed by atoms with Crippen LogP contribution in [0.25, 0.3) is 0 Å². The molecule has 0 bridgehead atoms. The van der Waals surface area contributed by atoms with Gasteiger partial charge in [-0.05, 0) is 18.6 Å². The van der Waals surface area contributed by atoms with Crippen molar-refractivity contribution in [1.29, 1.82) is 0 Å². The highest BCUT2D eigenvalue weighted by atomic mass is 32.2. The predicted octanol–water partition coefficient (Wildman–Crippen LogP) is 2.51. The third-order valence-corrected chi connectivity index (χ3v) is 3.84. The van der Waals surface area contributed by atoms with E-state index in [1.807, 2.05) is 20.0 Å². The summed E-state index contributed by atoms with van der Waals surface area (Å²) in [6, 6.07) is 6.84. The average Bonchev–Trinajstić information content (AvgIpc) is 2.66. The van der Waals surface area contributed by atoms with Crippen LogP contribution in [0.2, 0.25) is 0 Å². The van der Waals surface area contributed by atoms with Crippen molar-refractivity contribution in [3.05, 3.63) is 45.6 Å². The van der Waals surface area contributed by atoms with Crippen LogP contribution in [0, 0.1) is 17.0 Å². The largest absolute Gasteiger partial charge is 0.393 e. The van der Waals surface area contributed by atoms with Gasteiger partial charge in [0.1, 0.15) is 5.69 Å². The molecule has 0 unspecified atom stereocenters. The van der Waals surface area contributed by atoms with Gasteiger partial charge < -0.3 is 5.73 Å².